The van der Waals surface area contributed by atoms with Gasteiger partial charge < -0.3 is 14.6 Å². The van der Waals surface area contributed by atoms with Crippen LogP contribution in [0.15, 0.2) is 36.4 Å². The molecule has 6 heteroatoms. The van der Waals surface area contributed by atoms with Crippen LogP contribution in [0, 0.1) is 0 Å². The van der Waals surface area contributed by atoms with E-state index in [0.717, 1.165) is 5.56 Å². The van der Waals surface area contributed by atoms with Gasteiger partial charge in [0.25, 0.3) is 0 Å². The van der Waals surface area contributed by atoms with Crippen LogP contribution in [0.3, 0.4) is 0 Å². The molecule has 120 valence electrons. The van der Waals surface area contributed by atoms with E-state index in [1.54, 1.807) is 43.3 Å². The molecule has 2 aromatic carbocycles. The molecular formula is C17H14Cl2O4. The lowest BCUT2D eigenvalue weighted by atomic mass is 9.85. The molecule has 3 rings (SSSR count). The first-order valence-corrected chi connectivity index (χ1v) is 7.73. The van der Waals surface area contributed by atoms with Crippen LogP contribution >= 0.6 is 23.2 Å². The van der Waals surface area contributed by atoms with Gasteiger partial charge in [0.1, 0.15) is 30.1 Å². The Kier molecular flexibility index (Phi) is 4.13. The highest BCUT2D eigenvalue weighted by atomic mass is 35.5. The number of carboxylic acid groups (broad SMARTS) is 1. The van der Waals surface area contributed by atoms with Gasteiger partial charge in [-0.05, 0) is 25.1 Å². The molecule has 0 saturated heterocycles. The second kappa shape index (κ2) is 5.95. The lowest BCUT2D eigenvalue weighted by Gasteiger charge is -2.16. The second-order valence-electron chi connectivity index (χ2n) is 5.61. The number of halogens is 2. The van der Waals surface area contributed by atoms with E-state index in [1.165, 1.54) is 0 Å². The van der Waals surface area contributed by atoms with E-state index in [-0.39, 0.29) is 13.2 Å². The van der Waals surface area contributed by atoms with Crippen LogP contribution in [0.1, 0.15) is 18.1 Å². The molecule has 0 radical (unpaired) electrons. The minimum absolute atomic E-state index is 0.115. The zero-order valence-electron chi connectivity index (χ0n) is 12.3. The first kappa shape index (κ1) is 16.0. The van der Waals surface area contributed by atoms with Crippen molar-refractivity contribution in [3.05, 3.63) is 57.6 Å². The molecule has 0 spiro atoms. The normalized spacial score (nSPS) is 19.1. The molecular weight excluding hydrogens is 339 g/mol. The maximum Gasteiger partial charge on any atom is 0.317 e. The van der Waals surface area contributed by atoms with E-state index >= 15 is 0 Å². The van der Waals surface area contributed by atoms with E-state index in [4.69, 9.17) is 32.7 Å². The Hall–Kier alpha value is -1.91. The minimum Gasteiger partial charge on any atom is -0.492 e. The zero-order valence-corrected chi connectivity index (χ0v) is 13.8. The summed E-state index contributed by atoms with van der Waals surface area (Å²) in [4.78, 5) is 11.4. The number of aliphatic carboxylic acids is 1. The summed E-state index contributed by atoms with van der Waals surface area (Å²) in [6, 6.07) is 10.4. The second-order valence-corrected chi connectivity index (χ2v) is 6.45. The molecule has 0 bridgehead atoms. The van der Waals surface area contributed by atoms with Crippen LogP contribution in [-0.4, -0.2) is 17.7 Å². The van der Waals surface area contributed by atoms with Crippen molar-refractivity contribution < 1.29 is 19.4 Å². The summed E-state index contributed by atoms with van der Waals surface area (Å²) in [5, 5.41) is 10.5. The SMILES string of the molecule is CC1(C(=O)O)COc2cc(OCc3ccc(Cl)cc3Cl)ccc21. The van der Waals surface area contributed by atoms with Gasteiger partial charge in [0, 0.05) is 27.2 Å². The molecule has 0 aromatic heterocycles. The van der Waals surface area contributed by atoms with Crippen LogP contribution < -0.4 is 9.47 Å². The van der Waals surface area contributed by atoms with Crippen LogP contribution in [-0.2, 0) is 16.8 Å². The Bertz CT molecular complexity index is 775. The number of hydrogen-bond donors (Lipinski definition) is 1. The third kappa shape index (κ3) is 2.96. The van der Waals surface area contributed by atoms with Crippen molar-refractivity contribution in [2.75, 3.05) is 6.61 Å². The smallest absolute Gasteiger partial charge is 0.317 e. The Morgan fingerprint density at radius 1 is 1.30 bits per heavy atom. The minimum atomic E-state index is -1.02. The topological polar surface area (TPSA) is 55.8 Å². The molecule has 1 N–H and O–H groups in total. The molecule has 1 atom stereocenters. The molecule has 4 nitrogen and oxygen atoms in total. The third-order valence-electron chi connectivity index (χ3n) is 3.95. The van der Waals surface area contributed by atoms with E-state index in [1.807, 2.05) is 0 Å². The van der Waals surface area contributed by atoms with Crippen LogP contribution in [0.5, 0.6) is 11.5 Å². The summed E-state index contributed by atoms with van der Waals surface area (Å²) in [6.07, 6.45) is 0. The van der Waals surface area contributed by atoms with Gasteiger partial charge in [-0.25, -0.2) is 0 Å². The molecule has 1 aliphatic rings. The van der Waals surface area contributed by atoms with Gasteiger partial charge in [0.15, 0.2) is 0 Å². The van der Waals surface area contributed by atoms with Gasteiger partial charge >= 0.3 is 5.97 Å². The maximum absolute atomic E-state index is 11.4. The largest absolute Gasteiger partial charge is 0.492 e. The molecule has 0 saturated carbocycles. The Morgan fingerprint density at radius 3 is 2.78 bits per heavy atom. The monoisotopic (exact) mass is 352 g/mol. The summed E-state index contributed by atoms with van der Waals surface area (Å²) in [5.74, 6) is 0.219. The van der Waals surface area contributed by atoms with E-state index in [9.17, 15) is 9.90 Å². The molecule has 23 heavy (non-hydrogen) atoms. The number of hydrogen-bond acceptors (Lipinski definition) is 3. The predicted octanol–water partition coefficient (Wildman–Crippen LogP) is 4.31. The number of carbonyl (C=O) groups is 1. The van der Waals surface area contributed by atoms with Crippen molar-refractivity contribution in [1.82, 2.24) is 0 Å². The molecule has 1 heterocycles. The van der Waals surface area contributed by atoms with Crippen LogP contribution in [0.2, 0.25) is 10.0 Å². The van der Waals surface area contributed by atoms with Crippen molar-refractivity contribution in [3.63, 3.8) is 0 Å². The fraction of sp³-hybridized carbons (Fsp3) is 0.235. The number of carboxylic acids is 1. The summed E-state index contributed by atoms with van der Waals surface area (Å²) < 4.78 is 11.2. The standard InChI is InChI=1S/C17H14Cl2O4/c1-17(16(20)21)9-23-15-7-12(4-5-13(15)17)22-8-10-2-3-11(18)6-14(10)19/h2-7H,8-9H2,1H3,(H,20,21). The lowest BCUT2D eigenvalue weighted by Crippen LogP contribution is -2.33. The van der Waals surface area contributed by atoms with Crippen molar-refractivity contribution in [1.29, 1.82) is 0 Å². The Labute approximate surface area is 143 Å². The predicted molar refractivity (Wildman–Crippen MR) is 87.7 cm³/mol. The third-order valence-corrected chi connectivity index (χ3v) is 4.53. The fourth-order valence-electron chi connectivity index (χ4n) is 2.44. The summed E-state index contributed by atoms with van der Waals surface area (Å²) in [6.45, 7) is 2.05. The fourth-order valence-corrected chi connectivity index (χ4v) is 2.91. The van der Waals surface area contributed by atoms with Gasteiger partial charge in [-0.1, -0.05) is 35.3 Å². The highest BCUT2D eigenvalue weighted by molar-refractivity contribution is 6.35. The maximum atomic E-state index is 11.4. The molecule has 0 amide bonds. The first-order chi connectivity index (χ1) is 10.9. The first-order valence-electron chi connectivity index (χ1n) is 6.97. The highest BCUT2D eigenvalue weighted by Gasteiger charge is 2.43. The van der Waals surface area contributed by atoms with Gasteiger partial charge in [-0.3, -0.25) is 4.79 Å². The summed E-state index contributed by atoms with van der Waals surface area (Å²) in [7, 11) is 0. The van der Waals surface area contributed by atoms with Gasteiger partial charge in [-0.15, -0.1) is 0 Å². The highest BCUT2D eigenvalue weighted by Crippen LogP contribution is 2.41. The molecule has 2 aromatic rings. The van der Waals surface area contributed by atoms with Crippen LogP contribution in [0.25, 0.3) is 0 Å². The number of rotatable bonds is 4. The van der Waals surface area contributed by atoms with E-state index in [0.29, 0.717) is 27.1 Å². The number of benzene rings is 2. The Balaban J connectivity index is 1.77. The van der Waals surface area contributed by atoms with E-state index < -0.39 is 11.4 Å². The summed E-state index contributed by atoms with van der Waals surface area (Å²) >= 11 is 12.0. The lowest BCUT2D eigenvalue weighted by molar-refractivity contribution is -0.143. The Morgan fingerprint density at radius 2 is 2.09 bits per heavy atom. The quantitative estimate of drug-likeness (QED) is 0.890. The molecule has 0 aliphatic carbocycles. The van der Waals surface area contributed by atoms with Gasteiger partial charge in [0.05, 0.1) is 0 Å². The van der Waals surface area contributed by atoms with E-state index in [2.05, 4.69) is 0 Å². The number of fused-ring (bicyclic) bond motifs is 1. The zero-order chi connectivity index (χ0) is 16.6. The molecule has 1 aliphatic heterocycles. The summed E-state index contributed by atoms with van der Waals surface area (Å²) in [5.41, 5.74) is 0.447. The van der Waals surface area contributed by atoms with Crippen molar-refractivity contribution in [3.8, 4) is 11.5 Å². The average molecular weight is 353 g/mol. The van der Waals surface area contributed by atoms with Crippen molar-refractivity contribution in [2.24, 2.45) is 0 Å². The molecule has 1 unspecified atom stereocenters. The van der Waals surface area contributed by atoms with Crippen molar-refractivity contribution in [2.45, 2.75) is 18.9 Å². The average Bonchev–Trinajstić information content (AvgIpc) is 2.85. The van der Waals surface area contributed by atoms with Crippen molar-refractivity contribution >= 4 is 29.2 Å². The van der Waals surface area contributed by atoms with Gasteiger partial charge in [-0.2, -0.15) is 0 Å². The molecule has 0 fully saturated rings. The van der Waals surface area contributed by atoms with Gasteiger partial charge in [0.2, 0.25) is 0 Å². The number of ether oxygens (including phenoxy) is 2. The van der Waals surface area contributed by atoms with Crippen LogP contribution in [0.4, 0.5) is 0 Å².